The molecular weight excluding hydrogens is 687 g/mol. The Kier molecular flexibility index (Phi) is 7.59. The summed E-state index contributed by atoms with van der Waals surface area (Å²) in [5.41, 5.74) is 18.2. The highest BCUT2D eigenvalue weighted by Crippen LogP contribution is 2.53. The third-order valence-electron chi connectivity index (χ3n) is 11.8. The maximum absolute atomic E-state index is 4.59. The molecule has 10 rings (SSSR count). The third kappa shape index (κ3) is 5.46. The molecular formula is C51H41N3S. The van der Waals surface area contributed by atoms with Crippen LogP contribution >= 0.6 is 11.3 Å². The number of pyridine rings is 2. The third-order valence-corrected chi connectivity index (χ3v) is 12.9. The monoisotopic (exact) mass is 727 g/mol. The molecule has 0 fully saturated rings. The Morgan fingerprint density at radius 1 is 0.509 bits per heavy atom. The van der Waals surface area contributed by atoms with Crippen LogP contribution in [0.4, 0.5) is 17.1 Å². The summed E-state index contributed by atoms with van der Waals surface area (Å²) in [5, 5.41) is 1.24. The van der Waals surface area contributed by atoms with Gasteiger partial charge in [-0.1, -0.05) is 101 Å². The molecule has 0 radical (unpaired) electrons. The maximum atomic E-state index is 4.59. The second-order valence-corrected chi connectivity index (χ2v) is 17.1. The zero-order valence-electron chi connectivity index (χ0n) is 31.8. The van der Waals surface area contributed by atoms with Gasteiger partial charge >= 0.3 is 0 Å². The zero-order chi connectivity index (χ0) is 37.5. The van der Waals surface area contributed by atoms with Crippen molar-refractivity contribution in [3.05, 3.63) is 184 Å². The quantitative estimate of drug-likeness (QED) is 0.171. The highest BCUT2D eigenvalue weighted by Gasteiger charge is 2.37. The van der Waals surface area contributed by atoms with Crippen molar-refractivity contribution in [3.8, 4) is 33.6 Å². The van der Waals surface area contributed by atoms with Crippen molar-refractivity contribution in [2.24, 2.45) is 0 Å². The lowest BCUT2D eigenvalue weighted by Gasteiger charge is -2.29. The van der Waals surface area contributed by atoms with Crippen molar-refractivity contribution in [1.29, 1.82) is 0 Å². The molecule has 0 bridgehead atoms. The second-order valence-electron chi connectivity index (χ2n) is 16.0. The van der Waals surface area contributed by atoms with Crippen molar-refractivity contribution in [1.82, 2.24) is 9.97 Å². The molecule has 0 atom stereocenters. The van der Waals surface area contributed by atoms with E-state index in [-0.39, 0.29) is 10.8 Å². The summed E-state index contributed by atoms with van der Waals surface area (Å²) in [7, 11) is 0. The number of thiophene rings is 1. The van der Waals surface area contributed by atoms with E-state index >= 15 is 0 Å². The lowest BCUT2D eigenvalue weighted by atomic mass is 9.82. The average Bonchev–Trinajstić information content (AvgIpc) is 3.79. The summed E-state index contributed by atoms with van der Waals surface area (Å²) in [6.07, 6.45) is 8.09. The summed E-state index contributed by atoms with van der Waals surface area (Å²) in [6.45, 7) is 11.5. The van der Waals surface area contributed by atoms with E-state index in [0.717, 1.165) is 22.6 Å². The summed E-state index contributed by atoms with van der Waals surface area (Å²) >= 11 is 1.82. The highest BCUT2D eigenvalue weighted by molar-refractivity contribution is 7.19. The van der Waals surface area contributed by atoms with Gasteiger partial charge in [-0.05, 0) is 141 Å². The van der Waals surface area contributed by atoms with Gasteiger partial charge in [0.25, 0.3) is 0 Å². The topological polar surface area (TPSA) is 29.0 Å². The van der Waals surface area contributed by atoms with E-state index < -0.39 is 0 Å². The molecule has 2 aliphatic carbocycles. The Hall–Kier alpha value is -6.10. The van der Waals surface area contributed by atoms with E-state index in [4.69, 9.17) is 0 Å². The molecule has 2 aliphatic rings. The van der Waals surface area contributed by atoms with Crippen molar-refractivity contribution in [2.45, 2.75) is 45.4 Å². The number of anilines is 3. The van der Waals surface area contributed by atoms with E-state index in [2.05, 4.69) is 183 Å². The molecule has 8 aromatic rings. The largest absolute Gasteiger partial charge is 0.310 e. The van der Waals surface area contributed by atoms with Crippen LogP contribution in [-0.2, 0) is 10.8 Å². The summed E-state index contributed by atoms with van der Waals surface area (Å²) in [5.74, 6) is 0. The summed E-state index contributed by atoms with van der Waals surface area (Å²) in [4.78, 5) is 12.8. The summed E-state index contributed by atoms with van der Waals surface area (Å²) in [6, 6.07) is 49.4. The van der Waals surface area contributed by atoms with Gasteiger partial charge in [-0.25, -0.2) is 0 Å². The van der Waals surface area contributed by atoms with Gasteiger partial charge in [-0.3, -0.25) is 9.97 Å². The zero-order valence-corrected chi connectivity index (χ0v) is 32.6. The minimum Gasteiger partial charge on any atom is -0.310 e. The molecule has 0 aliphatic heterocycles. The van der Waals surface area contributed by atoms with Crippen LogP contribution in [0.15, 0.2) is 146 Å². The molecule has 0 spiro atoms. The van der Waals surface area contributed by atoms with Crippen LogP contribution in [0.1, 0.15) is 66.0 Å². The normalized spacial score (nSPS) is 14.5. The molecule has 3 nitrogen and oxygen atoms in total. The Bertz CT molecular complexity index is 2750. The molecule has 3 heterocycles. The van der Waals surface area contributed by atoms with Gasteiger partial charge in [-0.15, -0.1) is 11.3 Å². The first-order valence-corrected chi connectivity index (χ1v) is 19.9. The minimum atomic E-state index is -0.0970. The van der Waals surface area contributed by atoms with Gasteiger partial charge in [0.15, 0.2) is 0 Å². The molecule has 0 amide bonds. The van der Waals surface area contributed by atoms with E-state index in [9.17, 15) is 0 Å². The maximum Gasteiger partial charge on any atom is 0.0892 e. The van der Waals surface area contributed by atoms with Crippen LogP contribution in [0, 0.1) is 6.92 Å². The number of hydrogen-bond acceptors (Lipinski definition) is 4. The van der Waals surface area contributed by atoms with Crippen molar-refractivity contribution < 1.29 is 0 Å². The molecule has 0 saturated heterocycles. The molecule has 55 heavy (non-hydrogen) atoms. The molecule has 0 saturated carbocycles. The number of benzene rings is 5. The van der Waals surface area contributed by atoms with Crippen LogP contribution in [0.25, 0.3) is 55.9 Å². The highest BCUT2D eigenvalue weighted by atomic mass is 32.1. The number of fused-ring (bicyclic) bond motifs is 7. The van der Waals surface area contributed by atoms with Gasteiger partial charge in [-0.2, -0.15) is 0 Å². The van der Waals surface area contributed by atoms with Gasteiger partial charge in [0.05, 0.1) is 11.4 Å². The number of aromatic nitrogens is 2. The van der Waals surface area contributed by atoms with Gasteiger partial charge in [0.2, 0.25) is 0 Å². The molecule has 0 N–H and O–H groups in total. The van der Waals surface area contributed by atoms with E-state index in [1.807, 2.05) is 35.9 Å². The van der Waals surface area contributed by atoms with Gasteiger partial charge in [0, 0.05) is 49.9 Å². The molecule has 266 valence electrons. The fraction of sp³-hybridized carbons (Fsp3) is 0.137. The van der Waals surface area contributed by atoms with E-state index in [1.54, 1.807) is 0 Å². The van der Waals surface area contributed by atoms with Crippen LogP contribution in [0.5, 0.6) is 0 Å². The summed E-state index contributed by atoms with van der Waals surface area (Å²) < 4.78 is 1.25. The van der Waals surface area contributed by atoms with E-state index in [1.165, 1.54) is 76.4 Å². The van der Waals surface area contributed by atoms with Crippen LogP contribution in [0.2, 0.25) is 0 Å². The lowest BCUT2D eigenvalue weighted by Crippen LogP contribution is -2.18. The van der Waals surface area contributed by atoms with Crippen molar-refractivity contribution in [3.63, 3.8) is 0 Å². The number of nitrogens with zero attached hydrogens (tertiary/aromatic N) is 3. The number of hydrogen-bond donors (Lipinski definition) is 0. The molecule has 5 aromatic carbocycles. The van der Waals surface area contributed by atoms with Crippen LogP contribution in [0.3, 0.4) is 0 Å². The van der Waals surface area contributed by atoms with Crippen LogP contribution < -0.4 is 4.90 Å². The van der Waals surface area contributed by atoms with E-state index in [0.29, 0.717) is 0 Å². The lowest BCUT2D eigenvalue weighted by molar-refractivity contribution is 0.660. The first kappa shape index (κ1) is 33.5. The Labute approximate surface area is 327 Å². The number of aryl methyl sites for hydroxylation is 1. The van der Waals surface area contributed by atoms with Crippen LogP contribution in [-0.4, -0.2) is 9.97 Å². The minimum absolute atomic E-state index is 0.0970. The predicted octanol–water partition coefficient (Wildman–Crippen LogP) is 13.9. The standard InChI is InChI=1S/C51H41N3S/c1-32-22-24-52-47(26-32)48-27-33(23-25-53-48)14-19-38-28-34-15-16-37(31-49(34)55-38)54(35-17-20-41-39-10-6-8-12-43(39)50(2,3)45(41)29-35)36-18-21-42-40-11-7-9-13-44(40)51(4,5)46(42)30-36/h6-31H,1-5H3/b19-14+. The second kappa shape index (κ2) is 12.5. The van der Waals surface area contributed by atoms with Gasteiger partial charge in [0.1, 0.15) is 0 Å². The molecule has 0 unspecified atom stereocenters. The fourth-order valence-corrected chi connectivity index (χ4v) is 9.92. The Balaban J connectivity index is 1.06. The molecule has 3 aromatic heterocycles. The fourth-order valence-electron chi connectivity index (χ4n) is 8.92. The smallest absolute Gasteiger partial charge is 0.0892 e. The first-order chi connectivity index (χ1) is 26.6. The number of rotatable bonds is 6. The first-order valence-electron chi connectivity index (χ1n) is 19.0. The Morgan fingerprint density at radius 2 is 1.05 bits per heavy atom. The SMILES string of the molecule is Cc1ccnc(-c2cc(/C=C/c3cc4ccc(N(c5ccc6c(c5)C(C)(C)c5ccccc5-6)c5ccc6c(c5)C(C)(C)c5ccccc5-6)cc4s3)ccn2)c1. The average molecular weight is 728 g/mol. The van der Waals surface area contributed by atoms with Crippen molar-refractivity contribution >= 4 is 50.6 Å². The van der Waals surface area contributed by atoms with Gasteiger partial charge < -0.3 is 4.90 Å². The predicted molar refractivity (Wildman–Crippen MR) is 233 cm³/mol. The van der Waals surface area contributed by atoms with Crippen molar-refractivity contribution in [2.75, 3.05) is 4.90 Å². The molecule has 4 heteroatoms. The Morgan fingerprint density at radius 3 is 1.69 bits per heavy atom.